The van der Waals surface area contributed by atoms with Crippen molar-refractivity contribution < 1.29 is 19.2 Å². The fraction of sp³-hybridized carbons (Fsp3) is 0.440. The summed E-state index contributed by atoms with van der Waals surface area (Å²) in [7, 11) is 0. The lowest BCUT2D eigenvalue weighted by atomic mass is 9.88. The van der Waals surface area contributed by atoms with Gasteiger partial charge in [-0.3, -0.25) is 15.2 Å². The predicted molar refractivity (Wildman–Crippen MR) is 132 cm³/mol. The minimum absolute atomic E-state index is 0.162. The molecule has 12 nitrogen and oxygen atoms in total. The van der Waals surface area contributed by atoms with Crippen molar-refractivity contribution in [2.24, 2.45) is 0 Å². The van der Waals surface area contributed by atoms with Crippen LogP contribution >= 0.6 is 0 Å². The number of fused-ring (bicyclic) bond motifs is 1. The predicted octanol–water partition coefficient (Wildman–Crippen LogP) is 2.67. The Morgan fingerprint density at radius 1 is 1.19 bits per heavy atom. The molecule has 1 amide bonds. The summed E-state index contributed by atoms with van der Waals surface area (Å²) in [5, 5.41) is 28.2. The van der Waals surface area contributed by atoms with E-state index in [2.05, 4.69) is 51.6 Å². The molecule has 0 saturated carbocycles. The second kappa shape index (κ2) is 10.2. The van der Waals surface area contributed by atoms with Crippen LogP contribution in [0.3, 0.4) is 0 Å². The molecule has 1 aliphatic heterocycles. The summed E-state index contributed by atoms with van der Waals surface area (Å²) in [6, 6.07) is 5.11. The molecule has 194 valence electrons. The fourth-order valence-corrected chi connectivity index (χ4v) is 4.33. The molecule has 0 spiro atoms. The molecule has 0 aliphatic carbocycles. The molecule has 0 atom stereocenters. The molecular weight excluding hydrogens is 476 g/mol. The quantitative estimate of drug-likeness (QED) is 0.384. The van der Waals surface area contributed by atoms with Crippen LogP contribution < -0.4 is 10.2 Å². The number of hydrazine groups is 1. The summed E-state index contributed by atoms with van der Waals surface area (Å²) in [5.74, 6) is 0.932. The van der Waals surface area contributed by atoms with Crippen LogP contribution in [0.1, 0.15) is 67.4 Å². The van der Waals surface area contributed by atoms with Crippen molar-refractivity contribution in [2.75, 3.05) is 13.1 Å². The van der Waals surface area contributed by atoms with E-state index in [0.29, 0.717) is 34.4 Å². The fourth-order valence-electron chi connectivity index (χ4n) is 4.33. The lowest BCUT2D eigenvalue weighted by Crippen LogP contribution is -2.45. The van der Waals surface area contributed by atoms with Gasteiger partial charge in [-0.2, -0.15) is 5.10 Å². The highest BCUT2D eigenvalue weighted by molar-refractivity contribution is 5.93. The Hall–Kier alpha value is -3.90. The van der Waals surface area contributed by atoms with Crippen LogP contribution in [0.25, 0.3) is 17.0 Å². The van der Waals surface area contributed by atoms with E-state index in [-0.39, 0.29) is 24.5 Å². The van der Waals surface area contributed by atoms with E-state index in [1.165, 1.54) is 6.42 Å². The molecule has 1 saturated heterocycles. The van der Waals surface area contributed by atoms with Gasteiger partial charge in [-0.05, 0) is 30.4 Å². The van der Waals surface area contributed by atoms with Crippen molar-refractivity contribution in [1.82, 2.24) is 40.4 Å². The molecule has 2 N–H and O–H groups in total. The number of carbonyl (C=O) groups is 1. The Labute approximate surface area is 213 Å². The molecule has 0 radical (unpaired) electrons. The monoisotopic (exact) mass is 506 g/mol. The minimum atomic E-state index is -0.318. The maximum Gasteiger partial charge on any atom is 0.267 e. The maximum absolute atomic E-state index is 12.6. The number of aliphatic hydroxyl groups is 1. The zero-order valence-corrected chi connectivity index (χ0v) is 21.1. The smallest absolute Gasteiger partial charge is 0.267 e. The second-order valence-electron chi connectivity index (χ2n) is 10.0. The van der Waals surface area contributed by atoms with Gasteiger partial charge < -0.3 is 14.4 Å². The number of nitrogens with one attached hydrogen (secondary N) is 1. The van der Waals surface area contributed by atoms with Crippen molar-refractivity contribution in [3.63, 3.8) is 0 Å². The third kappa shape index (κ3) is 5.30. The summed E-state index contributed by atoms with van der Waals surface area (Å²) in [4.78, 5) is 17.0. The summed E-state index contributed by atoms with van der Waals surface area (Å²) in [5.41, 5.74) is 5.76. The third-order valence-corrected chi connectivity index (χ3v) is 6.18. The van der Waals surface area contributed by atoms with Crippen LogP contribution in [0.4, 0.5) is 0 Å². The van der Waals surface area contributed by atoms with Crippen LogP contribution in [0, 0.1) is 0 Å². The Kier molecular flexibility index (Phi) is 6.85. The molecule has 0 bridgehead atoms. The molecule has 5 heterocycles. The third-order valence-electron chi connectivity index (χ3n) is 6.18. The number of hydrogen-bond acceptors (Lipinski definition) is 10. The number of carbonyl (C=O) groups excluding carboxylic acids is 1. The number of ether oxygens (including phenoxy) is 1. The van der Waals surface area contributed by atoms with E-state index in [0.717, 1.165) is 37.0 Å². The van der Waals surface area contributed by atoms with Gasteiger partial charge in [0.05, 0.1) is 23.0 Å². The first-order chi connectivity index (χ1) is 17.8. The first-order valence-corrected chi connectivity index (χ1v) is 12.3. The Morgan fingerprint density at radius 3 is 2.68 bits per heavy atom. The first kappa shape index (κ1) is 24.8. The van der Waals surface area contributed by atoms with E-state index < -0.39 is 0 Å². The van der Waals surface area contributed by atoms with Gasteiger partial charge in [0.1, 0.15) is 13.2 Å². The summed E-state index contributed by atoms with van der Waals surface area (Å²) in [6.07, 6.45) is 6.56. The van der Waals surface area contributed by atoms with Gasteiger partial charge in [0, 0.05) is 30.9 Å². The molecule has 4 aromatic rings. The molecule has 4 aromatic heterocycles. The van der Waals surface area contributed by atoms with Gasteiger partial charge in [-0.25, -0.2) is 9.52 Å². The zero-order chi connectivity index (χ0) is 26.0. The van der Waals surface area contributed by atoms with Gasteiger partial charge in [0.25, 0.3) is 5.91 Å². The van der Waals surface area contributed by atoms with Crippen LogP contribution in [-0.4, -0.2) is 59.1 Å². The van der Waals surface area contributed by atoms with Gasteiger partial charge in [-0.15, -0.1) is 10.2 Å². The van der Waals surface area contributed by atoms with Crippen molar-refractivity contribution in [2.45, 2.75) is 58.7 Å². The topological polar surface area (TPSA) is 144 Å². The molecule has 5 rings (SSSR count). The van der Waals surface area contributed by atoms with E-state index in [1.807, 2.05) is 5.01 Å². The summed E-state index contributed by atoms with van der Waals surface area (Å²) in [6.45, 7) is 7.80. The number of aromatic nitrogens is 6. The van der Waals surface area contributed by atoms with Crippen molar-refractivity contribution in [3.05, 3.63) is 53.2 Å². The molecule has 12 heteroatoms. The van der Waals surface area contributed by atoms with Crippen molar-refractivity contribution >= 4 is 11.4 Å². The van der Waals surface area contributed by atoms with E-state index in [9.17, 15) is 9.90 Å². The van der Waals surface area contributed by atoms with Gasteiger partial charge in [-0.1, -0.05) is 32.3 Å². The van der Waals surface area contributed by atoms with Gasteiger partial charge >= 0.3 is 0 Å². The lowest BCUT2D eigenvalue weighted by Gasteiger charge is -2.26. The average molecular weight is 507 g/mol. The largest absolute Gasteiger partial charge is 0.470 e. The Bertz CT molecular complexity index is 1380. The SMILES string of the molecule is CC(C)(C)c1c(OCc2ccc(C(=O)NN3CCCCC3)cn2)nn2c(-c3cc(CO)on3)nncc12. The zero-order valence-electron chi connectivity index (χ0n) is 21.1. The van der Waals surface area contributed by atoms with Gasteiger partial charge in [0.2, 0.25) is 11.7 Å². The molecule has 37 heavy (non-hydrogen) atoms. The number of pyridine rings is 1. The van der Waals surface area contributed by atoms with Crippen LogP contribution in [0.2, 0.25) is 0 Å². The maximum atomic E-state index is 12.6. The lowest BCUT2D eigenvalue weighted by molar-refractivity contribution is 0.0749. The number of rotatable bonds is 7. The van der Waals surface area contributed by atoms with E-state index in [1.54, 1.807) is 35.1 Å². The molecule has 1 fully saturated rings. The van der Waals surface area contributed by atoms with E-state index >= 15 is 0 Å². The standard InChI is InChI=1S/C25H30N8O4/c1-25(2,3)21-20-13-27-28-22(19-11-18(14-34)37-31-19)33(20)30-24(21)36-15-17-8-7-16(12-26-17)23(35)29-32-9-5-4-6-10-32/h7-8,11-13,34H,4-6,9-10,14-15H2,1-3H3,(H,29,35). The highest BCUT2D eigenvalue weighted by Crippen LogP contribution is 2.36. The van der Waals surface area contributed by atoms with Gasteiger partial charge in [0.15, 0.2) is 11.5 Å². The number of hydrogen-bond donors (Lipinski definition) is 2. The normalized spacial score (nSPS) is 14.7. The second-order valence-corrected chi connectivity index (χ2v) is 10.0. The number of aliphatic hydroxyl groups excluding tert-OH is 1. The Morgan fingerprint density at radius 2 is 2.00 bits per heavy atom. The van der Waals surface area contributed by atoms with E-state index in [4.69, 9.17) is 9.26 Å². The number of amides is 1. The molecule has 1 aliphatic rings. The van der Waals surface area contributed by atoms with Crippen LogP contribution in [-0.2, 0) is 18.6 Å². The molecule has 0 aromatic carbocycles. The first-order valence-electron chi connectivity index (χ1n) is 12.3. The molecular formula is C25H30N8O4. The minimum Gasteiger partial charge on any atom is -0.470 e. The summed E-state index contributed by atoms with van der Waals surface area (Å²) < 4.78 is 12.9. The van der Waals surface area contributed by atoms with Crippen LogP contribution in [0.5, 0.6) is 5.88 Å². The average Bonchev–Trinajstić information content (AvgIpc) is 3.53. The number of nitrogens with zero attached hydrogens (tertiary/aromatic N) is 7. The Balaban J connectivity index is 1.36. The number of piperidine rings is 1. The summed E-state index contributed by atoms with van der Waals surface area (Å²) >= 11 is 0. The highest BCUT2D eigenvalue weighted by Gasteiger charge is 2.28. The van der Waals surface area contributed by atoms with Crippen LogP contribution in [0.15, 0.2) is 35.1 Å². The molecule has 0 unspecified atom stereocenters. The highest BCUT2D eigenvalue weighted by atomic mass is 16.5. The van der Waals surface area contributed by atoms with Crippen molar-refractivity contribution in [1.29, 1.82) is 0 Å². The van der Waals surface area contributed by atoms with Crippen molar-refractivity contribution in [3.8, 4) is 17.4 Å².